The Morgan fingerprint density at radius 1 is 1.33 bits per heavy atom. The van der Waals surface area contributed by atoms with Gasteiger partial charge in [0.2, 0.25) is 0 Å². The van der Waals surface area contributed by atoms with Gasteiger partial charge in [-0.15, -0.1) is 0 Å². The summed E-state index contributed by atoms with van der Waals surface area (Å²) in [6.07, 6.45) is 1.13. The highest BCUT2D eigenvalue weighted by Gasteiger charge is 2.13. The largest absolute Gasteiger partial charge is 0.497 e. The number of amidine groups is 1. The summed E-state index contributed by atoms with van der Waals surface area (Å²) in [5.74, 6) is 2.64. The van der Waals surface area contributed by atoms with Crippen LogP contribution in [0.15, 0.2) is 23.2 Å². The van der Waals surface area contributed by atoms with E-state index in [4.69, 9.17) is 9.47 Å². The van der Waals surface area contributed by atoms with E-state index in [-0.39, 0.29) is 0 Å². The average molecular weight is 266 g/mol. The van der Waals surface area contributed by atoms with Gasteiger partial charge >= 0.3 is 0 Å². The molecule has 98 valence electrons. The molecule has 1 heterocycles. The number of ether oxygens (including phenoxy) is 2. The number of anilines is 1. The molecule has 18 heavy (non-hydrogen) atoms. The summed E-state index contributed by atoms with van der Waals surface area (Å²) in [4.78, 5) is 4.58. The van der Waals surface area contributed by atoms with Crippen molar-refractivity contribution in [3.05, 3.63) is 18.2 Å². The van der Waals surface area contributed by atoms with E-state index in [1.54, 1.807) is 26.0 Å². The lowest BCUT2D eigenvalue weighted by molar-refractivity contribution is 0.395. The van der Waals surface area contributed by atoms with Crippen LogP contribution in [-0.4, -0.2) is 31.2 Å². The van der Waals surface area contributed by atoms with Crippen LogP contribution in [0.5, 0.6) is 11.5 Å². The Balaban J connectivity index is 2.18. The van der Waals surface area contributed by atoms with Crippen molar-refractivity contribution in [3.63, 3.8) is 0 Å². The Labute approximate surface area is 112 Å². The van der Waals surface area contributed by atoms with Crippen molar-refractivity contribution in [2.45, 2.75) is 19.4 Å². The summed E-state index contributed by atoms with van der Waals surface area (Å²) in [7, 11) is 3.29. The van der Waals surface area contributed by atoms with Crippen LogP contribution in [-0.2, 0) is 0 Å². The quantitative estimate of drug-likeness (QED) is 0.913. The molecule has 0 bridgehead atoms. The van der Waals surface area contributed by atoms with Crippen molar-refractivity contribution in [2.24, 2.45) is 4.99 Å². The van der Waals surface area contributed by atoms with E-state index in [1.165, 1.54) is 0 Å². The molecule has 5 heteroatoms. The summed E-state index contributed by atoms with van der Waals surface area (Å²) in [5.41, 5.74) is 0.915. The molecule has 1 unspecified atom stereocenters. The van der Waals surface area contributed by atoms with Gasteiger partial charge in [-0.05, 0) is 25.5 Å². The van der Waals surface area contributed by atoms with Crippen LogP contribution in [0, 0.1) is 0 Å². The van der Waals surface area contributed by atoms with Crippen LogP contribution in [0.1, 0.15) is 13.3 Å². The van der Waals surface area contributed by atoms with Gasteiger partial charge in [0, 0.05) is 11.8 Å². The number of aliphatic imine (C=N–C) groups is 1. The van der Waals surface area contributed by atoms with Gasteiger partial charge < -0.3 is 14.8 Å². The Kier molecular flexibility index (Phi) is 4.36. The van der Waals surface area contributed by atoms with E-state index in [1.807, 2.05) is 18.2 Å². The molecule has 0 spiro atoms. The van der Waals surface area contributed by atoms with Crippen molar-refractivity contribution in [2.75, 3.05) is 25.3 Å². The number of thioether (sulfide) groups is 1. The first-order chi connectivity index (χ1) is 8.72. The van der Waals surface area contributed by atoms with E-state index in [0.29, 0.717) is 6.04 Å². The summed E-state index contributed by atoms with van der Waals surface area (Å²) in [6, 6.07) is 6.10. The summed E-state index contributed by atoms with van der Waals surface area (Å²) in [6.45, 7) is 2.13. The van der Waals surface area contributed by atoms with Gasteiger partial charge in [-0.2, -0.15) is 0 Å². The number of hydrogen-bond donors (Lipinski definition) is 1. The van der Waals surface area contributed by atoms with Crippen molar-refractivity contribution in [1.82, 2.24) is 0 Å². The molecule has 1 atom stereocenters. The zero-order chi connectivity index (χ0) is 13.0. The minimum Gasteiger partial charge on any atom is -0.497 e. The number of nitrogens with zero attached hydrogens (tertiary/aromatic N) is 1. The summed E-state index contributed by atoms with van der Waals surface area (Å²) in [5, 5.41) is 4.27. The highest BCUT2D eigenvalue weighted by molar-refractivity contribution is 8.14. The molecule has 1 aromatic carbocycles. The molecule has 1 aliphatic rings. The number of methoxy groups -OCH3 is 2. The van der Waals surface area contributed by atoms with E-state index >= 15 is 0 Å². The highest BCUT2D eigenvalue weighted by atomic mass is 32.2. The Morgan fingerprint density at radius 3 is 2.83 bits per heavy atom. The van der Waals surface area contributed by atoms with Gasteiger partial charge in [-0.25, -0.2) is 0 Å². The Bertz CT molecular complexity index is 449. The van der Waals surface area contributed by atoms with E-state index in [0.717, 1.165) is 34.5 Å². The van der Waals surface area contributed by atoms with Gasteiger partial charge in [-0.1, -0.05) is 11.8 Å². The molecular formula is C13H18N2O2S. The van der Waals surface area contributed by atoms with Crippen LogP contribution in [0.3, 0.4) is 0 Å². The Morgan fingerprint density at radius 2 is 2.17 bits per heavy atom. The summed E-state index contributed by atoms with van der Waals surface area (Å²) < 4.78 is 10.5. The van der Waals surface area contributed by atoms with Crippen LogP contribution in [0.25, 0.3) is 0 Å². The first kappa shape index (κ1) is 13.1. The molecular weight excluding hydrogens is 248 g/mol. The zero-order valence-electron chi connectivity index (χ0n) is 10.9. The number of nitrogens with one attached hydrogen (secondary N) is 1. The van der Waals surface area contributed by atoms with E-state index in [9.17, 15) is 0 Å². The van der Waals surface area contributed by atoms with Crippen molar-refractivity contribution >= 4 is 22.6 Å². The molecule has 0 radical (unpaired) electrons. The van der Waals surface area contributed by atoms with Gasteiger partial charge in [0.25, 0.3) is 0 Å². The number of rotatable bonds is 3. The molecule has 1 aliphatic heterocycles. The third-order valence-corrected chi connectivity index (χ3v) is 3.68. The maximum atomic E-state index is 5.35. The second kappa shape index (κ2) is 6.00. The SMILES string of the molecule is COc1ccc(NC2=NC(C)CCS2)c(OC)c1. The van der Waals surface area contributed by atoms with Crippen LogP contribution in [0.4, 0.5) is 5.69 Å². The van der Waals surface area contributed by atoms with Gasteiger partial charge in [-0.3, -0.25) is 4.99 Å². The molecule has 2 rings (SSSR count). The van der Waals surface area contributed by atoms with Crippen molar-refractivity contribution < 1.29 is 9.47 Å². The molecule has 0 saturated carbocycles. The van der Waals surface area contributed by atoms with E-state index < -0.39 is 0 Å². The van der Waals surface area contributed by atoms with E-state index in [2.05, 4.69) is 17.2 Å². The van der Waals surface area contributed by atoms with Gasteiger partial charge in [0.1, 0.15) is 11.5 Å². The fourth-order valence-corrected chi connectivity index (χ4v) is 2.80. The topological polar surface area (TPSA) is 42.8 Å². The maximum absolute atomic E-state index is 5.35. The average Bonchev–Trinajstić information content (AvgIpc) is 2.39. The van der Waals surface area contributed by atoms with Gasteiger partial charge in [0.05, 0.1) is 25.9 Å². The maximum Gasteiger partial charge on any atom is 0.161 e. The lowest BCUT2D eigenvalue weighted by Crippen LogP contribution is -2.18. The molecule has 0 aromatic heterocycles. The zero-order valence-corrected chi connectivity index (χ0v) is 11.7. The minimum atomic E-state index is 0.387. The summed E-state index contributed by atoms with van der Waals surface area (Å²) >= 11 is 1.74. The molecule has 0 aliphatic carbocycles. The molecule has 1 aromatic rings. The van der Waals surface area contributed by atoms with Crippen LogP contribution >= 0.6 is 11.8 Å². The second-order valence-corrected chi connectivity index (χ2v) is 5.20. The molecule has 0 fully saturated rings. The standard InChI is InChI=1S/C13H18N2O2S/c1-9-6-7-18-13(14-9)15-11-5-4-10(16-2)8-12(11)17-3/h4-5,8-9H,6-7H2,1-3H3,(H,14,15). The van der Waals surface area contributed by atoms with Crippen molar-refractivity contribution in [1.29, 1.82) is 0 Å². The number of hydrogen-bond acceptors (Lipinski definition) is 5. The highest BCUT2D eigenvalue weighted by Crippen LogP contribution is 2.30. The molecule has 1 N–H and O–H groups in total. The predicted molar refractivity (Wildman–Crippen MR) is 77.1 cm³/mol. The fraction of sp³-hybridized carbons (Fsp3) is 0.462. The smallest absolute Gasteiger partial charge is 0.161 e. The van der Waals surface area contributed by atoms with Crippen molar-refractivity contribution in [3.8, 4) is 11.5 Å². The molecule has 0 saturated heterocycles. The lowest BCUT2D eigenvalue weighted by Gasteiger charge is -2.19. The van der Waals surface area contributed by atoms with Crippen LogP contribution in [0.2, 0.25) is 0 Å². The third kappa shape index (κ3) is 3.10. The lowest BCUT2D eigenvalue weighted by atomic mass is 10.2. The normalized spacial score (nSPS) is 19.1. The second-order valence-electron chi connectivity index (χ2n) is 4.11. The first-order valence-corrected chi connectivity index (χ1v) is 6.91. The van der Waals surface area contributed by atoms with Crippen LogP contribution < -0.4 is 14.8 Å². The van der Waals surface area contributed by atoms with Gasteiger partial charge in [0.15, 0.2) is 5.17 Å². The minimum absolute atomic E-state index is 0.387. The molecule has 4 nitrogen and oxygen atoms in total. The predicted octanol–water partition coefficient (Wildman–Crippen LogP) is 3.00. The Hall–Kier alpha value is -1.36. The molecule has 0 amide bonds. The number of benzene rings is 1. The third-order valence-electron chi connectivity index (χ3n) is 2.76. The first-order valence-electron chi connectivity index (χ1n) is 5.92. The monoisotopic (exact) mass is 266 g/mol. The fourth-order valence-electron chi connectivity index (χ4n) is 1.71.